The molecule has 1 rings (SSSR count). The number of carbonyl (C=O) groups excluding carboxylic acids is 1. The monoisotopic (exact) mass is 227 g/mol. The molecular formula is C12H18ClNO. The Hall–Kier alpha value is -0.860. The summed E-state index contributed by atoms with van der Waals surface area (Å²) in [4.78, 5) is 13.9. The van der Waals surface area contributed by atoms with Crippen LogP contribution >= 0.6 is 12.4 Å². The highest BCUT2D eigenvalue weighted by Gasteiger charge is 2.17. The van der Waals surface area contributed by atoms with Crippen molar-refractivity contribution in [1.82, 2.24) is 4.90 Å². The molecule has 0 amide bonds. The van der Waals surface area contributed by atoms with E-state index in [0.29, 0.717) is 0 Å². The van der Waals surface area contributed by atoms with Gasteiger partial charge in [0, 0.05) is 5.56 Å². The van der Waals surface area contributed by atoms with Crippen LogP contribution in [0.3, 0.4) is 0 Å². The van der Waals surface area contributed by atoms with Gasteiger partial charge in [-0.15, -0.1) is 12.4 Å². The second-order valence-corrected chi connectivity index (χ2v) is 3.48. The van der Waals surface area contributed by atoms with Gasteiger partial charge < -0.3 is 0 Å². The Balaban J connectivity index is 0.00000196. The first-order valence-electron chi connectivity index (χ1n) is 4.96. The van der Waals surface area contributed by atoms with Gasteiger partial charge >= 0.3 is 0 Å². The number of Topliss-reactive ketones (excluding diaryl/α,β-unsaturated/α-hetero) is 1. The Morgan fingerprint density at radius 2 is 1.87 bits per heavy atom. The highest BCUT2D eigenvalue weighted by Crippen LogP contribution is 2.06. The number of nitrogens with zero attached hydrogens (tertiary/aromatic N) is 1. The average molecular weight is 228 g/mol. The lowest BCUT2D eigenvalue weighted by Gasteiger charge is -2.21. The summed E-state index contributed by atoms with van der Waals surface area (Å²) in [5, 5.41) is 0. The van der Waals surface area contributed by atoms with Crippen LogP contribution in [0.25, 0.3) is 0 Å². The van der Waals surface area contributed by atoms with Gasteiger partial charge in [-0.3, -0.25) is 9.69 Å². The second kappa shape index (κ2) is 6.59. The number of hydrogen-bond donors (Lipinski definition) is 0. The first-order valence-corrected chi connectivity index (χ1v) is 4.96. The van der Waals surface area contributed by atoms with Crippen LogP contribution in [0.15, 0.2) is 30.3 Å². The summed E-state index contributed by atoms with van der Waals surface area (Å²) in [6.45, 7) is 4.88. The van der Waals surface area contributed by atoms with Gasteiger partial charge in [-0.25, -0.2) is 0 Å². The lowest BCUT2D eigenvalue weighted by molar-refractivity contribution is 0.0874. The maximum absolute atomic E-state index is 11.9. The molecule has 3 heteroatoms. The molecule has 1 atom stereocenters. The molecule has 84 valence electrons. The smallest absolute Gasteiger partial charge is 0.179 e. The molecule has 0 aromatic heterocycles. The normalized spacial score (nSPS) is 12.0. The van der Waals surface area contributed by atoms with Crippen LogP contribution in [-0.4, -0.2) is 30.3 Å². The molecule has 1 unspecified atom stereocenters. The Kier molecular flexibility index (Phi) is 6.21. The minimum Gasteiger partial charge on any atom is -0.297 e. The Morgan fingerprint density at radius 1 is 1.33 bits per heavy atom. The van der Waals surface area contributed by atoms with Gasteiger partial charge in [-0.05, 0) is 20.5 Å². The summed E-state index contributed by atoms with van der Waals surface area (Å²) in [5.74, 6) is 0.190. The first kappa shape index (κ1) is 14.1. The predicted octanol–water partition coefficient (Wildman–Crippen LogP) is 2.63. The lowest BCUT2D eigenvalue weighted by Crippen LogP contribution is -2.35. The molecule has 2 nitrogen and oxygen atoms in total. The zero-order valence-electron chi connectivity index (χ0n) is 9.43. The minimum atomic E-state index is -0.0394. The van der Waals surface area contributed by atoms with E-state index in [1.807, 2.05) is 49.2 Å². The summed E-state index contributed by atoms with van der Waals surface area (Å²) in [7, 11) is 1.96. The number of benzene rings is 1. The quantitative estimate of drug-likeness (QED) is 0.738. The zero-order valence-corrected chi connectivity index (χ0v) is 10.3. The van der Waals surface area contributed by atoms with Crippen molar-refractivity contribution in [2.45, 2.75) is 19.9 Å². The highest BCUT2D eigenvalue weighted by atomic mass is 35.5. The fourth-order valence-corrected chi connectivity index (χ4v) is 1.32. The molecule has 0 saturated heterocycles. The molecule has 0 heterocycles. The third kappa shape index (κ3) is 3.65. The van der Waals surface area contributed by atoms with Crippen molar-refractivity contribution in [3.63, 3.8) is 0 Å². The Bertz CT molecular complexity index is 300. The molecule has 1 aromatic carbocycles. The zero-order chi connectivity index (χ0) is 10.6. The van der Waals surface area contributed by atoms with Crippen molar-refractivity contribution >= 4 is 18.2 Å². The van der Waals surface area contributed by atoms with E-state index >= 15 is 0 Å². The molecule has 0 bridgehead atoms. The van der Waals surface area contributed by atoms with Gasteiger partial charge in [-0.2, -0.15) is 0 Å². The van der Waals surface area contributed by atoms with Crippen LogP contribution in [0.1, 0.15) is 24.2 Å². The third-order valence-corrected chi connectivity index (χ3v) is 2.60. The second-order valence-electron chi connectivity index (χ2n) is 3.48. The first-order chi connectivity index (χ1) is 6.66. The summed E-state index contributed by atoms with van der Waals surface area (Å²) >= 11 is 0. The van der Waals surface area contributed by atoms with Crippen LogP contribution in [0.5, 0.6) is 0 Å². The van der Waals surface area contributed by atoms with Gasteiger partial charge in [0.05, 0.1) is 6.04 Å². The number of carbonyl (C=O) groups is 1. The van der Waals surface area contributed by atoms with Crippen LogP contribution < -0.4 is 0 Å². The van der Waals surface area contributed by atoms with Crippen molar-refractivity contribution in [2.75, 3.05) is 13.6 Å². The highest BCUT2D eigenvalue weighted by molar-refractivity contribution is 5.99. The molecular weight excluding hydrogens is 210 g/mol. The van der Waals surface area contributed by atoms with Crippen LogP contribution in [0.2, 0.25) is 0 Å². The van der Waals surface area contributed by atoms with Crippen molar-refractivity contribution in [3.05, 3.63) is 35.9 Å². The van der Waals surface area contributed by atoms with Gasteiger partial charge in [0.2, 0.25) is 0 Å². The standard InChI is InChI=1S/C12H17NO.ClH/c1-4-13(3)10(2)12(14)11-8-6-5-7-9-11;/h5-10H,4H2,1-3H3;1H. The summed E-state index contributed by atoms with van der Waals surface area (Å²) in [6.07, 6.45) is 0. The van der Waals surface area contributed by atoms with E-state index < -0.39 is 0 Å². The lowest BCUT2D eigenvalue weighted by atomic mass is 10.0. The van der Waals surface area contributed by atoms with Gasteiger partial charge in [0.25, 0.3) is 0 Å². The molecule has 0 aliphatic rings. The minimum absolute atomic E-state index is 0. The van der Waals surface area contributed by atoms with Crippen LogP contribution in [-0.2, 0) is 0 Å². The van der Waals surface area contributed by atoms with Crippen molar-refractivity contribution in [1.29, 1.82) is 0 Å². The van der Waals surface area contributed by atoms with E-state index in [1.54, 1.807) is 0 Å². The number of ketones is 1. The molecule has 0 aliphatic heterocycles. The predicted molar refractivity (Wildman–Crippen MR) is 65.8 cm³/mol. The molecule has 0 saturated carbocycles. The van der Waals surface area contributed by atoms with E-state index in [4.69, 9.17) is 0 Å². The Morgan fingerprint density at radius 3 is 2.33 bits per heavy atom. The summed E-state index contributed by atoms with van der Waals surface area (Å²) in [5.41, 5.74) is 0.792. The van der Waals surface area contributed by atoms with E-state index in [9.17, 15) is 4.79 Å². The van der Waals surface area contributed by atoms with E-state index in [0.717, 1.165) is 12.1 Å². The molecule has 1 aromatic rings. The number of likely N-dealkylation sites (N-methyl/N-ethyl adjacent to an activating group) is 1. The molecule has 0 aliphatic carbocycles. The maximum atomic E-state index is 11.9. The molecule has 0 N–H and O–H groups in total. The van der Waals surface area contributed by atoms with Gasteiger partial charge in [0.1, 0.15) is 0 Å². The average Bonchev–Trinajstić information content (AvgIpc) is 2.27. The largest absolute Gasteiger partial charge is 0.297 e. The van der Waals surface area contributed by atoms with E-state index in [-0.39, 0.29) is 24.2 Å². The fraction of sp³-hybridized carbons (Fsp3) is 0.417. The molecule has 0 fully saturated rings. The SMILES string of the molecule is CCN(C)C(C)C(=O)c1ccccc1.Cl. The van der Waals surface area contributed by atoms with Crippen molar-refractivity contribution in [2.24, 2.45) is 0 Å². The summed E-state index contributed by atoms with van der Waals surface area (Å²) < 4.78 is 0. The molecule has 0 radical (unpaired) electrons. The van der Waals surface area contributed by atoms with E-state index in [2.05, 4.69) is 6.92 Å². The number of halogens is 1. The Labute approximate surface area is 97.7 Å². The number of rotatable bonds is 4. The van der Waals surface area contributed by atoms with E-state index in [1.165, 1.54) is 0 Å². The van der Waals surface area contributed by atoms with Gasteiger partial charge in [-0.1, -0.05) is 37.3 Å². The molecule has 0 spiro atoms. The van der Waals surface area contributed by atoms with Crippen LogP contribution in [0, 0.1) is 0 Å². The fourth-order valence-electron chi connectivity index (χ4n) is 1.32. The maximum Gasteiger partial charge on any atom is 0.179 e. The van der Waals surface area contributed by atoms with Crippen molar-refractivity contribution < 1.29 is 4.79 Å². The van der Waals surface area contributed by atoms with Crippen LogP contribution in [0.4, 0.5) is 0 Å². The third-order valence-electron chi connectivity index (χ3n) is 2.60. The van der Waals surface area contributed by atoms with Crippen molar-refractivity contribution in [3.8, 4) is 0 Å². The van der Waals surface area contributed by atoms with Gasteiger partial charge in [0.15, 0.2) is 5.78 Å². The molecule has 15 heavy (non-hydrogen) atoms. The summed E-state index contributed by atoms with van der Waals surface area (Å²) in [6, 6.07) is 9.40. The topological polar surface area (TPSA) is 20.3 Å². The number of hydrogen-bond acceptors (Lipinski definition) is 2.